The summed E-state index contributed by atoms with van der Waals surface area (Å²) in [5, 5.41) is 0. The molecule has 2 aliphatic rings. The Kier molecular flexibility index (Phi) is 7.95. The van der Waals surface area contributed by atoms with Crippen LogP contribution in [0.15, 0.2) is 0 Å². The Hall–Kier alpha value is 0.668. The van der Waals surface area contributed by atoms with E-state index in [9.17, 15) is 0 Å². The Labute approximate surface area is 183 Å². The number of hydrogen-bond acceptors (Lipinski definition) is 5. The Balaban J connectivity index is 2.15. The summed E-state index contributed by atoms with van der Waals surface area (Å²) in [5.41, 5.74) is 0. The molecule has 1 saturated carbocycles. The van der Waals surface area contributed by atoms with E-state index >= 15 is 0 Å². The molecule has 3 unspecified atom stereocenters. The van der Waals surface area contributed by atoms with Gasteiger partial charge in [0.15, 0.2) is 33.3 Å². The molecule has 2 fully saturated rings. The second-order valence-corrected chi connectivity index (χ2v) is 29.9. The molecule has 3 atom stereocenters. The first kappa shape index (κ1) is 25.9. The smallest absolute Gasteiger partial charge is 0.370 e. The lowest BCUT2D eigenvalue weighted by Crippen LogP contribution is -2.61. The van der Waals surface area contributed by atoms with Crippen LogP contribution >= 0.6 is 0 Å². The lowest BCUT2D eigenvalue weighted by Gasteiger charge is -2.47. The van der Waals surface area contributed by atoms with Gasteiger partial charge in [0.2, 0.25) is 0 Å². The van der Waals surface area contributed by atoms with E-state index in [0.29, 0.717) is 12.2 Å². The molecule has 0 aromatic rings. The highest BCUT2D eigenvalue weighted by molar-refractivity contribution is 6.73. The Bertz CT molecular complexity index is 510. The first-order valence-corrected chi connectivity index (χ1v) is 24.7. The van der Waals surface area contributed by atoms with Gasteiger partial charge in [0.1, 0.15) is 0 Å². The molecule has 0 amide bonds. The highest BCUT2D eigenvalue weighted by atomic mass is 28.4. The van der Waals surface area contributed by atoms with Crippen molar-refractivity contribution < 1.29 is 22.4 Å². The molecular formula is C20H46O5Si4. The highest BCUT2D eigenvalue weighted by Gasteiger charge is 2.50. The molecule has 0 bridgehead atoms. The molecular weight excluding hydrogens is 433 g/mol. The molecule has 0 aromatic heterocycles. The van der Waals surface area contributed by atoms with Crippen LogP contribution in [0.5, 0.6) is 0 Å². The van der Waals surface area contributed by atoms with E-state index in [1.54, 1.807) is 0 Å². The Morgan fingerprint density at radius 3 is 1.59 bits per heavy atom. The zero-order chi connectivity index (χ0) is 22.3. The number of fused-ring (bicyclic) bond motifs is 1. The lowest BCUT2D eigenvalue weighted by atomic mass is 9.88. The van der Waals surface area contributed by atoms with Crippen LogP contribution in [0.1, 0.15) is 25.7 Å². The number of rotatable bonds is 11. The van der Waals surface area contributed by atoms with Gasteiger partial charge in [0.25, 0.3) is 0 Å². The molecule has 5 nitrogen and oxygen atoms in total. The quantitative estimate of drug-likeness (QED) is 0.197. The van der Waals surface area contributed by atoms with Gasteiger partial charge < -0.3 is 22.4 Å². The third kappa shape index (κ3) is 9.78. The summed E-state index contributed by atoms with van der Waals surface area (Å²) >= 11 is 0. The molecule has 29 heavy (non-hydrogen) atoms. The molecule has 172 valence electrons. The molecule has 0 radical (unpaired) electrons. The largest absolute Gasteiger partial charge is 0.373 e. The third-order valence-electron chi connectivity index (χ3n) is 4.96. The zero-order valence-electron chi connectivity index (χ0n) is 20.8. The van der Waals surface area contributed by atoms with E-state index in [1.165, 1.54) is 25.7 Å². The third-order valence-corrected chi connectivity index (χ3v) is 9.84. The monoisotopic (exact) mass is 478 g/mol. The van der Waals surface area contributed by atoms with E-state index in [0.717, 1.165) is 12.0 Å². The van der Waals surface area contributed by atoms with Gasteiger partial charge in [-0.2, -0.15) is 0 Å². The van der Waals surface area contributed by atoms with Crippen LogP contribution < -0.4 is 0 Å². The molecule has 0 spiro atoms. The molecule has 1 saturated heterocycles. The van der Waals surface area contributed by atoms with Crippen LogP contribution in [0.4, 0.5) is 0 Å². The molecule has 1 heterocycles. The van der Waals surface area contributed by atoms with Gasteiger partial charge in [-0.25, -0.2) is 0 Å². The van der Waals surface area contributed by atoms with Crippen LogP contribution in [-0.4, -0.2) is 51.6 Å². The summed E-state index contributed by atoms with van der Waals surface area (Å²) in [6, 6.07) is 1.09. The summed E-state index contributed by atoms with van der Waals surface area (Å²) in [6.45, 7) is 24.2. The van der Waals surface area contributed by atoms with Crippen LogP contribution in [0.2, 0.25) is 78.1 Å². The predicted octanol–water partition coefficient (Wildman–Crippen LogP) is 6.33. The number of ether oxygens (including phenoxy) is 1. The fraction of sp³-hybridized carbons (Fsp3) is 1.00. The topological polar surface area (TPSA) is 49.5 Å². The van der Waals surface area contributed by atoms with E-state index in [2.05, 4.69) is 72.0 Å². The van der Waals surface area contributed by atoms with Crippen LogP contribution in [0.25, 0.3) is 0 Å². The zero-order valence-corrected chi connectivity index (χ0v) is 24.8. The maximum Gasteiger partial charge on any atom is 0.373 e. The van der Waals surface area contributed by atoms with Crippen LogP contribution in [0, 0.1) is 5.92 Å². The van der Waals surface area contributed by atoms with Gasteiger partial charge in [-0.15, -0.1) is 0 Å². The minimum Gasteiger partial charge on any atom is -0.370 e. The number of epoxide rings is 1. The van der Waals surface area contributed by atoms with Crippen molar-refractivity contribution >= 4 is 33.3 Å². The first-order valence-electron chi connectivity index (χ1n) is 11.3. The predicted molar refractivity (Wildman–Crippen MR) is 130 cm³/mol. The summed E-state index contributed by atoms with van der Waals surface area (Å²) < 4.78 is 32.3. The van der Waals surface area contributed by atoms with Crippen molar-refractivity contribution in [2.75, 3.05) is 0 Å². The summed E-state index contributed by atoms with van der Waals surface area (Å²) in [5.74, 6) is 0.761. The molecule has 9 heteroatoms. The first-order chi connectivity index (χ1) is 12.9. The van der Waals surface area contributed by atoms with E-state index in [4.69, 9.17) is 22.4 Å². The van der Waals surface area contributed by atoms with Crippen molar-refractivity contribution in [1.82, 2.24) is 0 Å². The van der Waals surface area contributed by atoms with Crippen molar-refractivity contribution in [3.05, 3.63) is 0 Å². The fourth-order valence-electron chi connectivity index (χ4n) is 3.94. The SMILES string of the molecule is C[Si](C)(C)OC(O[Si](C)(C)C)(O[Si](C)(C)C)O[Si](C)(C)CCC1CCC2OC2C1. The van der Waals surface area contributed by atoms with E-state index in [1.807, 2.05) is 0 Å². The van der Waals surface area contributed by atoms with Gasteiger partial charge in [-0.1, -0.05) is 6.42 Å². The normalized spacial score (nSPS) is 26.4. The van der Waals surface area contributed by atoms with E-state index < -0.39 is 39.4 Å². The average molecular weight is 479 g/mol. The van der Waals surface area contributed by atoms with Gasteiger partial charge in [0, 0.05) is 0 Å². The van der Waals surface area contributed by atoms with Crippen molar-refractivity contribution in [3.63, 3.8) is 0 Å². The van der Waals surface area contributed by atoms with E-state index in [-0.39, 0.29) is 0 Å². The molecule has 1 aliphatic carbocycles. The molecule has 0 N–H and O–H groups in total. The van der Waals surface area contributed by atoms with Crippen molar-refractivity contribution in [1.29, 1.82) is 0 Å². The van der Waals surface area contributed by atoms with Gasteiger partial charge in [-0.05, 0) is 103 Å². The maximum atomic E-state index is 6.83. The lowest BCUT2D eigenvalue weighted by molar-refractivity contribution is -0.388. The highest BCUT2D eigenvalue weighted by Crippen LogP contribution is 2.42. The van der Waals surface area contributed by atoms with Crippen LogP contribution in [0.3, 0.4) is 0 Å². The number of hydrogen-bond donors (Lipinski definition) is 0. The minimum absolute atomic E-state index is 0.541. The molecule has 2 rings (SSSR count). The van der Waals surface area contributed by atoms with Crippen molar-refractivity contribution in [3.8, 4) is 0 Å². The minimum atomic E-state index is -2.08. The molecule has 1 aliphatic heterocycles. The van der Waals surface area contributed by atoms with Crippen molar-refractivity contribution in [2.24, 2.45) is 5.92 Å². The average Bonchev–Trinajstić information content (AvgIpc) is 3.16. The maximum absolute atomic E-state index is 6.83. The fourth-order valence-corrected chi connectivity index (χ4v) is 9.07. The standard InChI is InChI=1S/C20H46O5Si4/c1-26(2,3)22-20(23-27(4,5)6,24-28(7,8)9)25-29(10,11)15-14-17-12-13-18-19(16-17)21-18/h17-19H,12-16H2,1-11H3. The van der Waals surface area contributed by atoms with Crippen LogP contribution in [-0.2, 0) is 22.4 Å². The van der Waals surface area contributed by atoms with Crippen molar-refractivity contribution in [2.45, 2.75) is 122 Å². The second-order valence-electron chi connectivity index (χ2n) is 12.4. The Morgan fingerprint density at radius 2 is 1.17 bits per heavy atom. The summed E-state index contributed by atoms with van der Waals surface area (Å²) in [4.78, 5) is 0. The Morgan fingerprint density at radius 1 is 0.690 bits per heavy atom. The summed E-state index contributed by atoms with van der Waals surface area (Å²) in [7, 11) is -8.01. The van der Waals surface area contributed by atoms with Gasteiger partial charge in [-0.3, -0.25) is 0 Å². The van der Waals surface area contributed by atoms with Gasteiger partial charge >= 0.3 is 6.16 Å². The van der Waals surface area contributed by atoms with Gasteiger partial charge in [0.05, 0.1) is 12.2 Å². The summed E-state index contributed by atoms with van der Waals surface area (Å²) in [6.07, 6.45) is 4.72. The second kappa shape index (κ2) is 8.90. The molecule has 0 aromatic carbocycles.